The molecule has 7 heteroatoms. The van der Waals surface area contributed by atoms with Crippen LogP contribution in [0, 0.1) is 0 Å². The fraction of sp³-hybridized carbons (Fsp3) is 0.393. The monoisotopic (exact) mass is 472 g/mol. The molecule has 3 N–H and O–H groups in total. The van der Waals surface area contributed by atoms with Gasteiger partial charge in [-0.2, -0.15) is 0 Å². The van der Waals surface area contributed by atoms with Crippen molar-refractivity contribution >= 4 is 11.4 Å². The highest BCUT2D eigenvalue weighted by Crippen LogP contribution is 2.29. The number of aromatic nitrogens is 1. The van der Waals surface area contributed by atoms with Crippen molar-refractivity contribution in [1.29, 1.82) is 0 Å². The minimum Gasteiger partial charge on any atom is -0.497 e. The summed E-state index contributed by atoms with van der Waals surface area (Å²) in [5.74, 6) is 0.850. The first-order valence-electron chi connectivity index (χ1n) is 12.7. The lowest BCUT2D eigenvalue weighted by Gasteiger charge is -2.29. The van der Waals surface area contributed by atoms with E-state index in [1.165, 1.54) is 5.69 Å². The summed E-state index contributed by atoms with van der Waals surface area (Å²) in [4.78, 5) is 9.99. The van der Waals surface area contributed by atoms with Crippen molar-refractivity contribution < 1.29 is 4.74 Å². The quantitative estimate of drug-likeness (QED) is 0.466. The molecule has 2 saturated heterocycles. The SMILES string of the molecule is COc1ccc(-c2cc(NCCN3CCNCC3)cc(-c3ccc(N4CCNCC4)cc3)n2)cc1. The van der Waals surface area contributed by atoms with Crippen LogP contribution >= 0.6 is 0 Å². The molecule has 0 unspecified atom stereocenters. The first-order chi connectivity index (χ1) is 17.3. The number of ether oxygens (including phenoxy) is 1. The van der Waals surface area contributed by atoms with Gasteiger partial charge >= 0.3 is 0 Å². The van der Waals surface area contributed by atoms with Crippen LogP contribution in [0.4, 0.5) is 11.4 Å². The van der Waals surface area contributed by atoms with Gasteiger partial charge in [0.25, 0.3) is 0 Å². The first kappa shape index (κ1) is 23.6. The summed E-state index contributed by atoms with van der Waals surface area (Å²) in [5, 5.41) is 10.5. The number of benzene rings is 2. The second kappa shape index (κ2) is 11.5. The molecule has 0 aliphatic carbocycles. The fourth-order valence-electron chi connectivity index (χ4n) is 4.75. The number of hydrogen-bond donors (Lipinski definition) is 3. The van der Waals surface area contributed by atoms with E-state index in [1.807, 2.05) is 12.1 Å². The molecule has 0 atom stereocenters. The molecule has 2 aromatic carbocycles. The average molecular weight is 473 g/mol. The van der Waals surface area contributed by atoms with Gasteiger partial charge in [-0.25, -0.2) is 4.98 Å². The number of rotatable bonds is 8. The van der Waals surface area contributed by atoms with Crippen molar-refractivity contribution in [3.8, 4) is 28.3 Å². The van der Waals surface area contributed by atoms with Crippen LogP contribution in [-0.4, -0.2) is 82.4 Å². The van der Waals surface area contributed by atoms with Crippen molar-refractivity contribution in [3.63, 3.8) is 0 Å². The standard InChI is InChI=1S/C28H36N6O/c1-35-26-8-4-23(5-9-26)28-21-24(31-14-17-33-15-10-29-11-16-33)20-27(32-28)22-2-6-25(7-3-22)34-18-12-30-13-19-34/h2-9,20-21,29-30H,10-19H2,1H3,(H,31,32). The summed E-state index contributed by atoms with van der Waals surface area (Å²) in [6.07, 6.45) is 0. The Kier molecular flexibility index (Phi) is 7.78. The minimum absolute atomic E-state index is 0.850. The molecule has 2 aliphatic rings. The molecule has 7 nitrogen and oxygen atoms in total. The Bertz CT molecular complexity index is 1070. The molecule has 1 aromatic heterocycles. The number of piperazine rings is 2. The van der Waals surface area contributed by atoms with Gasteiger partial charge in [0.1, 0.15) is 5.75 Å². The van der Waals surface area contributed by atoms with Gasteiger partial charge in [-0.15, -0.1) is 0 Å². The van der Waals surface area contributed by atoms with Crippen LogP contribution in [0.1, 0.15) is 0 Å². The van der Waals surface area contributed by atoms with Crippen LogP contribution in [0.25, 0.3) is 22.5 Å². The molecule has 5 rings (SSSR count). The largest absolute Gasteiger partial charge is 0.497 e. The zero-order chi connectivity index (χ0) is 23.9. The van der Waals surface area contributed by atoms with Crippen molar-refractivity contribution in [3.05, 3.63) is 60.7 Å². The third-order valence-electron chi connectivity index (χ3n) is 6.82. The van der Waals surface area contributed by atoms with Gasteiger partial charge in [-0.1, -0.05) is 12.1 Å². The Morgan fingerprint density at radius 1 is 0.800 bits per heavy atom. The predicted octanol–water partition coefficient (Wildman–Crippen LogP) is 3.15. The number of pyridine rings is 1. The molecule has 184 valence electrons. The van der Waals surface area contributed by atoms with Crippen molar-refractivity contribution in [2.75, 3.05) is 82.8 Å². The normalized spacial score (nSPS) is 16.8. The Morgan fingerprint density at radius 2 is 1.37 bits per heavy atom. The van der Waals surface area contributed by atoms with E-state index in [9.17, 15) is 0 Å². The van der Waals surface area contributed by atoms with E-state index in [0.717, 1.165) is 99.4 Å². The molecule has 35 heavy (non-hydrogen) atoms. The molecular weight excluding hydrogens is 436 g/mol. The summed E-state index contributed by atoms with van der Waals surface area (Å²) in [6, 6.07) is 21.3. The summed E-state index contributed by atoms with van der Waals surface area (Å²) in [5.41, 5.74) is 6.52. The zero-order valence-corrected chi connectivity index (χ0v) is 20.6. The van der Waals surface area contributed by atoms with Gasteiger partial charge in [-0.05, 0) is 48.5 Å². The highest BCUT2D eigenvalue weighted by atomic mass is 16.5. The van der Waals surface area contributed by atoms with Gasteiger partial charge in [0.15, 0.2) is 0 Å². The van der Waals surface area contributed by atoms with E-state index in [0.29, 0.717) is 0 Å². The van der Waals surface area contributed by atoms with E-state index < -0.39 is 0 Å². The second-order valence-corrected chi connectivity index (χ2v) is 9.16. The number of nitrogens with zero attached hydrogens (tertiary/aromatic N) is 3. The molecule has 2 aliphatic heterocycles. The number of hydrogen-bond acceptors (Lipinski definition) is 7. The van der Waals surface area contributed by atoms with Gasteiger partial charge in [-0.3, -0.25) is 4.90 Å². The van der Waals surface area contributed by atoms with E-state index in [2.05, 4.69) is 74.3 Å². The third kappa shape index (κ3) is 6.11. The van der Waals surface area contributed by atoms with Gasteiger partial charge in [0, 0.05) is 87.9 Å². The van der Waals surface area contributed by atoms with Gasteiger partial charge < -0.3 is 25.6 Å². The van der Waals surface area contributed by atoms with Gasteiger partial charge in [0.2, 0.25) is 0 Å². The first-order valence-corrected chi connectivity index (χ1v) is 12.7. The van der Waals surface area contributed by atoms with Crippen LogP contribution < -0.4 is 25.6 Å². The zero-order valence-electron chi connectivity index (χ0n) is 20.6. The number of nitrogens with one attached hydrogen (secondary N) is 3. The predicted molar refractivity (Wildman–Crippen MR) is 145 cm³/mol. The van der Waals surface area contributed by atoms with Crippen molar-refractivity contribution in [2.45, 2.75) is 0 Å². The van der Waals surface area contributed by atoms with E-state index in [-0.39, 0.29) is 0 Å². The maximum Gasteiger partial charge on any atom is 0.118 e. The molecule has 3 aromatic rings. The summed E-state index contributed by atoms with van der Waals surface area (Å²) in [7, 11) is 1.69. The Hall–Kier alpha value is -3.13. The smallest absolute Gasteiger partial charge is 0.118 e. The summed E-state index contributed by atoms with van der Waals surface area (Å²) >= 11 is 0. The van der Waals surface area contributed by atoms with E-state index >= 15 is 0 Å². The maximum absolute atomic E-state index is 5.34. The molecule has 0 amide bonds. The highest BCUT2D eigenvalue weighted by Gasteiger charge is 2.13. The maximum atomic E-state index is 5.34. The van der Waals surface area contributed by atoms with Crippen LogP contribution in [-0.2, 0) is 0 Å². The number of methoxy groups -OCH3 is 1. The van der Waals surface area contributed by atoms with Crippen LogP contribution in [0.15, 0.2) is 60.7 Å². The lowest BCUT2D eigenvalue weighted by atomic mass is 10.1. The lowest BCUT2D eigenvalue weighted by Crippen LogP contribution is -2.45. The van der Waals surface area contributed by atoms with E-state index in [1.54, 1.807) is 7.11 Å². The van der Waals surface area contributed by atoms with Crippen LogP contribution in [0.5, 0.6) is 5.75 Å². The molecule has 0 bridgehead atoms. The molecular formula is C28H36N6O. The van der Waals surface area contributed by atoms with E-state index in [4.69, 9.17) is 9.72 Å². The van der Waals surface area contributed by atoms with Crippen LogP contribution in [0.3, 0.4) is 0 Å². The third-order valence-corrected chi connectivity index (χ3v) is 6.82. The topological polar surface area (TPSA) is 64.7 Å². The highest BCUT2D eigenvalue weighted by molar-refractivity contribution is 5.73. The summed E-state index contributed by atoms with van der Waals surface area (Å²) in [6.45, 7) is 10.5. The molecule has 3 heterocycles. The molecule has 0 saturated carbocycles. The number of anilines is 2. The average Bonchev–Trinajstić information content (AvgIpc) is 2.94. The second-order valence-electron chi connectivity index (χ2n) is 9.16. The molecule has 0 spiro atoms. The van der Waals surface area contributed by atoms with Crippen molar-refractivity contribution in [2.24, 2.45) is 0 Å². The lowest BCUT2D eigenvalue weighted by molar-refractivity contribution is 0.249. The van der Waals surface area contributed by atoms with Crippen molar-refractivity contribution in [1.82, 2.24) is 20.5 Å². The summed E-state index contributed by atoms with van der Waals surface area (Å²) < 4.78 is 5.34. The molecule has 0 radical (unpaired) electrons. The van der Waals surface area contributed by atoms with Gasteiger partial charge in [0.05, 0.1) is 18.5 Å². The Morgan fingerprint density at radius 3 is 1.97 bits per heavy atom. The van der Waals surface area contributed by atoms with Crippen LogP contribution in [0.2, 0.25) is 0 Å². The Labute approximate surface area is 208 Å². The fourth-order valence-corrected chi connectivity index (χ4v) is 4.75. The molecule has 2 fully saturated rings. The Balaban J connectivity index is 1.38. The minimum atomic E-state index is 0.850.